The number of furan rings is 1. The summed E-state index contributed by atoms with van der Waals surface area (Å²) >= 11 is 0. The Balaban J connectivity index is 1.62. The molecule has 0 radical (unpaired) electrons. The third-order valence-corrected chi connectivity index (χ3v) is 3.17. The molecule has 0 aromatic carbocycles. The molecule has 0 N–H and O–H groups in total. The van der Waals surface area contributed by atoms with Crippen LogP contribution in [0.5, 0.6) is 0 Å². The van der Waals surface area contributed by atoms with Crippen LogP contribution in [-0.4, -0.2) is 47.0 Å². The number of rotatable bonds is 2. The molecule has 0 spiro atoms. The van der Waals surface area contributed by atoms with Crippen molar-refractivity contribution in [2.45, 2.75) is 0 Å². The Hall–Kier alpha value is -2.37. The number of carbonyl (C=O) groups excluding carboxylic acids is 1. The van der Waals surface area contributed by atoms with Gasteiger partial charge in [-0.3, -0.25) is 4.79 Å². The van der Waals surface area contributed by atoms with Crippen LogP contribution in [0.25, 0.3) is 0 Å². The van der Waals surface area contributed by atoms with Crippen LogP contribution in [0.2, 0.25) is 0 Å². The number of amides is 1. The van der Waals surface area contributed by atoms with Crippen LogP contribution in [0.15, 0.2) is 41.5 Å². The zero-order valence-corrected chi connectivity index (χ0v) is 10.4. The average molecular weight is 258 g/mol. The van der Waals surface area contributed by atoms with E-state index in [0.29, 0.717) is 18.7 Å². The van der Waals surface area contributed by atoms with Crippen molar-refractivity contribution in [1.29, 1.82) is 0 Å². The van der Waals surface area contributed by atoms with Crippen molar-refractivity contribution in [1.82, 2.24) is 14.9 Å². The van der Waals surface area contributed by atoms with Crippen molar-refractivity contribution < 1.29 is 9.21 Å². The normalized spacial score (nSPS) is 15.6. The van der Waals surface area contributed by atoms with Gasteiger partial charge >= 0.3 is 0 Å². The molecule has 2 aromatic heterocycles. The molecule has 6 heteroatoms. The van der Waals surface area contributed by atoms with Gasteiger partial charge in [0.2, 0.25) is 5.95 Å². The minimum Gasteiger partial charge on any atom is -0.472 e. The van der Waals surface area contributed by atoms with E-state index in [0.717, 1.165) is 19.0 Å². The molecule has 1 amide bonds. The Morgan fingerprint density at radius 2 is 1.89 bits per heavy atom. The van der Waals surface area contributed by atoms with E-state index in [1.54, 1.807) is 24.5 Å². The Kier molecular flexibility index (Phi) is 3.14. The third-order valence-electron chi connectivity index (χ3n) is 3.17. The molecule has 0 unspecified atom stereocenters. The third kappa shape index (κ3) is 2.42. The summed E-state index contributed by atoms with van der Waals surface area (Å²) in [5, 5.41) is 0. The second-order valence-electron chi connectivity index (χ2n) is 4.34. The van der Waals surface area contributed by atoms with Gasteiger partial charge in [0, 0.05) is 38.6 Å². The summed E-state index contributed by atoms with van der Waals surface area (Å²) in [6.45, 7) is 2.83. The number of aromatic nitrogens is 2. The Morgan fingerprint density at radius 3 is 2.53 bits per heavy atom. The standard InChI is InChI=1S/C13H14N4O2/c18-12(11-2-9-19-10-11)16-5-7-17(8-6-16)13-14-3-1-4-15-13/h1-4,9-10H,5-8H2. The van der Waals surface area contributed by atoms with E-state index in [9.17, 15) is 4.79 Å². The summed E-state index contributed by atoms with van der Waals surface area (Å²) in [4.78, 5) is 24.5. The zero-order valence-electron chi connectivity index (χ0n) is 10.4. The molecule has 3 rings (SSSR count). The lowest BCUT2D eigenvalue weighted by atomic mass is 10.2. The average Bonchev–Trinajstić information content (AvgIpc) is 3.02. The molecule has 0 aliphatic carbocycles. The molecule has 2 aromatic rings. The van der Waals surface area contributed by atoms with Gasteiger partial charge in [0.05, 0.1) is 11.8 Å². The molecule has 1 aliphatic rings. The van der Waals surface area contributed by atoms with Crippen molar-refractivity contribution in [3.8, 4) is 0 Å². The number of hydrogen-bond donors (Lipinski definition) is 0. The molecule has 0 saturated carbocycles. The summed E-state index contributed by atoms with van der Waals surface area (Å²) in [6, 6.07) is 3.48. The molecule has 98 valence electrons. The van der Waals surface area contributed by atoms with Crippen LogP contribution in [-0.2, 0) is 0 Å². The molecule has 1 fully saturated rings. The van der Waals surface area contributed by atoms with Crippen LogP contribution < -0.4 is 4.90 Å². The van der Waals surface area contributed by atoms with Gasteiger partial charge < -0.3 is 14.2 Å². The summed E-state index contributed by atoms with van der Waals surface area (Å²) in [7, 11) is 0. The van der Waals surface area contributed by atoms with Gasteiger partial charge in [0.25, 0.3) is 5.91 Å². The van der Waals surface area contributed by atoms with E-state index in [-0.39, 0.29) is 5.91 Å². The Bertz CT molecular complexity index is 533. The van der Waals surface area contributed by atoms with Gasteiger partial charge in [-0.2, -0.15) is 0 Å². The maximum atomic E-state index is 12.1. The van der Waals surface area contributed by atoms with Gasteiger partial charge in [-0.25, -0.2) is 9.97 Å². The first-order valence-electron chi connectivity index (χ1n) is 6.18. The summed E-state index contributed by atoms with van der Waals surface area (Å²) in [5.41, 5.74) is 0.601. The van der Waals surface area contributed by atoms with Crippen LogP contribution in [0.3, 0.4) is 0 Å². The highest BCUT2D eigenvalue weighted by Crippen LogP contribution is 2.12. The van der Waals surface area contributed by atoms with Gasteiger partial charge in [-0.15, -0.1) is 0 Å². The van der Waals surface area contributed by atoms with E-state index in [2.05, 4.69) is 14.9 Å². The van der Waals surface area contributed by atoms with Gasteiger partial charge in [0.1, 0.15) is 6.26 Å². The maximum Gasteiger partial charge on any atom is 0.257 e. The lowest BCUT2D eigenvalue weighted by molar-refractivity contribution is 0.0745. The molecule has 1 aliphatic heterocycles. The van der Waals surface area contributed by atoms with E-state index in [4.69, 9.17) is 4.42 Å². The molecule has 6 nitrogen and oxygen atoms in total. The summed E-state index contributed by atoms with van der Waals surface area (Å²) < 4.78 is 4.94. The highest BCUT2D eigenvalue weighted by molar-refractivity contribution is 5.93. The molecule has 19 heavy (non-hydrogen) atoms. The molecule has 0 bridgehead atoms. The van der Waals surface area contributed by atoms with E-state index in [1.165, 1.54) is 12.5 Å². The molecular formula is C13H14N4O2. The quantitative estimate of drug-likeness (QED) is 0.805. The fourth-order valence-electron chi connectivity index (χ4n) is 2.13. The van der Waals surface area contributed by atoms with Crippen molar-refractivity contribution in [3.63, 3.8) is 0 Å². The highest BCUT2D eigenvalue weighted by Gasteiger charge is 2.23. The summed E-state index contributed by atoms with van der Waals surface area (Å²) in [5.74, 6) is 0.736. The van der Waals surface area contributed by atoms with Crippen LogP contribution in [0, 0.1) is 0 Å². The first-order chi connectivity index (χ1) is 9.34. The minimum absolute atomic E-state index is 0.0161. The molecule has 1 saturated heterocycles. The number of hydrogen-bond acceptors (Lipinski definition) is 5. The molecule has 3 heterocycles. The van der Waals surface area contributed by atoms with E-state index < -0.39 is 0 Å². The predicted octanol–water partition coefficient (Wildman–Crippen LogP) is 1.03. The van der Waals surface area contributed by atoms with Crippen molar-refractivity contribution in [2.75, 3.05) is 31.1 Å². The smallest absolute Gasteiger partial charge is 0.257 e. The zero-order chi connectivity index (χ0) is 13.1. The van der Waals surface area contributed by atoms with Crippen molar-refractivity contribution in [2.24, 2.45) is 0 Å². The first kappa shape index (κ1) is 11.7. The lowest BCUT2D eigenvalue weighted by Gasteiger charge is -2.34. The Labute approximate surface area is 110 Å². The molecular weight excluding hydrogens is 244 g/mol. The van der Waals surface area contributed by atoms with Crippen LogP contribution >= 0.6 is 0 Å². The van der Waals surface area contributed by atoms with E-state index >= 15 is 0 Å². The Morgan fingerprint density at radius 1 is 1.16 bits per heavy atom. The predicted molar refractivity (Wildman–Crippen MR) is 68.9 cm³/mol. The first-order valence-corrected chi connectivity index (χ1v) is 6.18. The number of piperazine rings is 1. The number of carbonyl (C=O) groups is 1. The van der Waals surface area contributed by atoms with Gasteiger partial charge in [-0.1, -0.05) is 0 Å². The topological polar surface area (TPSA) is 62.5 Å². The SMILES string of the molecule is O=C(c1ccoc1)N1CCN(c2ncccn2)CC1. The van der Waals surface area contributed by atoms with Crippen molar-refractivity contribution in [3.05, 3.63) is 42.6 Å². The van der Waals surface area contributed by atoms with Crippen molar-refractivity contribution >= 4 is 11.9 Å². The highest BCUT2D eigenvalue weighted by atomic mass is 16.3. The van der Waals surface area contributed by atoms with E-state index in [1.807, 2.05) is 4.90 Å². The fraction of sp³-hybridized carbons (Fsp3) is 0.308. The van der Waals surface area contributed by atoms with Gasteiger partial charge in [0.15, 0.2) is 0 Å². The second kappa shape index (κ2) is 5.09. The second-order valence-corrected chi connectivity index (χ2v) is 4.34. The monoisotopic (exact) mass is 258 g/mol. The summed E-state index contributed by atoms with van der Waals surface area (Å²) in [6.07, 6.45) is 6.45. The van der Waals surface area contributed by atoms with Crippen LogP contribution in [0.4, 0.5) is 5.95 Å². The number of nitrogens with zero attached hydrogens (tertiary/aromatic N) is 4. The minimum atomic E-state index is 0.0161. The lowest BCUT2D eigenvalue weighted by Crippen LogP contribution is -2.49. The molecule has 0 atom stereocenters. The fourth-order valence-corrected chi connectivity index (χ4v) is 2.13. The van der Waals surface area contributed by atoms with Gasteiger partial charge in [-0.05, 0) is 12.1 Å². The van der Waals surface area contributed by atoms with Crippen LogP contribution in [0.1, 0.15) is 10.4 Å². The maximum absolute atomic E-state index is 12.1. The number of anilines is 1. The largest absolute Gasteiger partial charge is 0.472 e.